The molecule has 1 amide bonds. The first-order valence-electron chi connectivity index (χ1n) is 6.87. The quantitative estimate of drug-likeness (QED) is 0.244. The highest BCUT2D eigenvalue weighted by atomic mass is 32.2. The minimum Gasteiger partial charge on any atom is -0.336 e. The van der Waals surface area contributed by atoms with Crippen LogP contribution in [0.5, 0.6) is 0 Å². The minimum atomic E-state index is -3.67. The van der Waals surface area contributed by atoms with E-state index in [1.165, 1.54) is 17.4 Å². The summed E-state index contributed by atoms with van der Waals surface area (Å²) in [7, 11) is -3.67. The number of nitrogens with zero attached hydrogens (tertiary/aromatic N) is 2. The lowest BCUT2D eigenvalue weighted by atomic mass is 10.0. The van der Waals surface area contributed by atoms with Gasteiger partial charge >= 0.3 is 0 Å². The fraction of sp³-hybridized carbons (Fsp3) is 0.286. The second kappa shape index (κ2) is 6.80. The van der Waals surface area contributed by atoms with Gasteiger partial charge in [-0.15, -0.1) is 0 Å². The zero-order chi connectivity index (χ0) is 17.0. The average Bonchev–Trinajstić information content (AvgIpc) is 2.85. The van der Waals surface area contributed by atoms with Crippen molar-refractivity contribution < 1.29 is 17.8 Å². The topological polar surface area (TPSA) is 127 Å². The van der Waals surface area contributed by atoms with Crippen LogP contribution < -0.4 is 11.2 Å². The molecular formula is C14H18N4O4S. The molecule has 1 aromatic heterocycles. The predicted octanol–water partition coefficient (Wildman–Crippen LogP) is 0.723. The van der Waals surface area contributed by atoms with Crippen LogP contribution in [0, 0.1) is 0 Å². The molecule has 0 bridgehead atoms. The van der Waals surface area contributed by atoms with E-state index >= 15 is 0 Å². The van der Waals surface area contributed by atoms with E-state index in [9.17, 15) is 13.2 Å². The minimum absolute atomic E-state index is 0.173. The number of para-hydroxylation sites is 1. The Hall–Kier alpha value is -2.39. The van der Waals surface area contributed by atoms with E-state index in [0.717, 1.165) is 24.8 Å². The fourth-order valence-corrected chi connectivity index (χ4v) is 2.62. The van der Waals surface area contributed by atoms with Gasteiger partial charge in [-0.05, 0) is 24.5 Å². The van der Waals surface area contributed by atoms with Gasteiger partial charge in [0.15, 0.2) is 0 Å². The normalized spacial score (nSPS) is 13.7. The first-order chi connectivity index (χ1) is 10.8. The standard InChI is InChI=1S/C13H14N4O.CH4O3S/c14-16-8-15-13(18)11-7-10-4-1-3-9-5-2-6-17(11)12(9)10;1-5(2,3)4/h1,3-4,7-8H,2,5-6,14H2,(H,15,16,18);1H3,(H,2,3,4). The van der Waals surface area contributed by atoms with Crippen LogP contribution in [0.25, 0.3) is 10.9 Å². The lowest BCUT2D eigenvalue weighted by Crippen LogP contribution is -2.25. The fourth-order valence-electron chi connectivity index (χ4n) is 2.62. The molecule has 3 rings (SSSR count). The van der Waals surface area contributed by atoms with Crippen LogP contribution in [-0.4, -0.2) is 36.0 Å². The van der Waals surface area contributed by atoms with Crippen molar-refractivity contribution in [2.24, 2.45) is 10.9 Å². The second-order valence-corrected chi connectivity index (χ2v) is 6.59. The lowest BCUT2D eigenvalue weighted by Gasteiger charge is -2.17. The van der Waals surface area contributed by atoms with Crippen LogP contribution in [-0.2, 0) is 23.1 Å². The number of carbonyl (C=O) groups excluding carboxylic acids is 1. The molecule has 0 atom stereocenters. The molecule has 0 fully saturated rings. The monoisotopic (exact) mass is 338 g/mol. The van der Waals surface area contributed by atoms with Crippen LogP contribution in [0.1, 0.15) is 22.5 Å². The Balaban J connectivity index is 0.000000338. The molecular weight excluding hydrogens is 320 g/mol. The van der Waals surface area contributed by atoms with Gasteiger partial charge < -0.3 is 15.7 Å². The number of rotatable bonds is 2. The second-order valence-electron chi connectivity index (χ2n) is 5.12. The van der Waals surface area contributed by atoms with E-state index < -0.39 is 10.1 Å². The highest BCUT2D eigenvalue weighted by Gasteiger charge is 2.19. The van der Waals surface area contributed by atoms with Gasteiger partial charge in [0.2, 0.25) is 0 Å². The Morgan fingerprint density at radius 3 is 2.83 bits per heavy atom. The molecule has 1 aliphatic rings. The Kier molecular flexibility index (Phi) is 5.02. The van der Waals surface area contributed by atoms with E-state index in [1.807, 2.05) is 18.2 Å². The Morgan fingerprint density at radius 1 is 1.48 bits per heavy atom. The van der Waals surface area contributed by atoms with Crippen LogP contribution >= 0.6 is 0 Å². The van der Waals surface area contributed by atoms with E-state index in [-0.39, 0.29) is 5.91 Å². The number of hydrogen-bond acceptors (Lipinski definition) is 5. The van der Waals surface area contributed by atoms with Crippen molar-refractivity contribution >= 4 is 33.3 Å². The SMILES string of the molecule is CS(=O)(=O)O.NN=CNC(=O)c1cc2cccc3c2n1CCC3. The Bertz CT molecular complexity index is 847. The van der Waals surface area contributed by atoms with Crippen molar-refractivity contribution in [2.75, 3.05) is 6.26 Å². The summed E-state index contributed by atoms with van der Waals surface area (Å²) in [6.07, 6.45) is 4.06. The molecule has 8 nitrogen and oxygen atoms in total. The van der Waals surface area contributed by atoms with Gasteiger partial charge in [-0.2, -0.15) is 13.5 Å². The van der Waals surface area contributed by atoms with Crippen LogP contribution in [0.15, 0.2) is 29.4 Å². The first-order valence-corrected chi connectivity index (χ1v) is 8.72. The molecule has 4 N–H and O–H groups in total. The van der Waals surface area contributed by atoms with Gasteiger partial charge in [-0.25, -0.2) is 0 Å². The summed E-state index contributed by atoms with van der Waals surface area (Å²) in [5, 5.41) is 6.94. The molecule has 0 saturated heterocycles. The maximum Gasteiger partial charge on any atom is 0.273 e. The molecule has 2 heterocycles. The number of amides is 1. The van der Waals surface area contributed by atoms with Crippen LogP contribution in [0.3, 0.4) is 0 Å². The molecule has 9 heteroatoms. The van der Waals surface area contributed by atoms with Crippen molar-refractivity contribution in [3.8, 4) is 0 Å². The molecule has 23 heavy (non-hydrogen) atoms. The third kappa shape index (κ3) is 4.30. The highest BCUT2D eigenvalue weighted by Crippen LogP contribution is 2.28. The molecule has 2 aromatic rings. The van der Waals surface area contributed by atoms with Crippen molar-refractivity contribution in [2.45, 2.75) is 19.4 Å². The largest absolute Gasteiger partial charge is 0.336 e. The summed E-state index contributed by atoms with van der Waals surface area (Å²) in [6.45, 7) is 0.878. The van der Waals surface area contributed by atoms with Crippen LogP contribution in [0.4, 0.5) is 0 Å². The van der Waals surface area contributed by atoms with Crippen LogP contribution in [0.2, 0.25) is 0 Å². The predicted molar refractivity (Wildman–Crippen MR) is 87.9 cm³/mol. The molecule has 0 saturated carbocycles. The van der Waals surface area contributed by atoms with E-state index in [0.29, 0.717) is 11.9 Å². The number of nitrogens with one attached hydrogen (secondary N) is 1. The van der Waals surface area contributed by atoms with Gasteiger partial charge in [-0.3, -0.25) is 9.35 Å². The summed E-state index contributed by atoms with van der Waals surface area (Å²) in [4.78, 5) is 12.0. The van der Waals surface area contributed by atoms with E-state index in [4.69, 9.17) is 10.4 Å². The van der Waals surface area contributed by atoms with Crippen molar-refractivity contribution in [1.29, 1.82) is 0 Å². The van der Waals surface area contributed by atoms with Crippen molar-refractivity contribution in [1.82, 2.24) is 9.88 Å². The molecule has 0 spiro atoms. The third-order valence-electron chi connectivity index (χ3n) is 3.33. The zero-order valence-corrected chi connectivity index (χ0v) is 13.4. The molecule has 0 radical (unpaired) electrons. The van der Waals surface area contributed by atoms with E-state index in [2.05, 4.69) is 21.1 Å². The third-order valence-corrected chi connectivity index (χ3v) is 3.33. The summed E-state index contributed by atoms with van der Waals surface area (Å²) in [5.74, 6) is 4.81. The summed E-state index contributed by atoms with van der Waals surface area (Å²) in [5.41, 5.74) is 3.15. The molecule has 124 valence electrons. The maximum absolute atomic E-state index is 12.0. The lowest BCUT2D eigenvalue weighted by molar-refractivity contribution is 0.0969. The highest BCUT2D eigenvalue weighted by molar-refractivity contribution is 7.85. The molecule has 1 aliphatic heterocycles. The van der Waals surface area contributed by atoms with Gasteiger partial charge in [0.1, 0.15) is 12.0 Å². The Labute approximate surface area is 133 Å². The number of aryl methyl sites for hydroxylation is 2. The number of nitrogens with two attached hydrogens (primary N) is 1. The van der Waals surface area contributed by atoms with Gasteiger partial charge in [-0.1, -0.05) is 18.2 Å². The first kappa shape index (κ1) is 17.0. The average molecular weight is 338 g/mol. The Morgan fingerprint density at radius 2 is 2.17 bits per heavy atom. The zero-order valence-electron chi connectivity index (χ0n) is 12.6. The van der Waals surface area contributed by atoms with Gasteiger partial charge in [0.25, 0.3) is 16.0 Å². The molecule has 1 aromatic carbocycles. The number of carbonyl (C=O) groups is 1. The molecule has 0 unspecified atom stereocenters. The summed E-state index contributed by atoms with van der Waals surface area (Å²) < 4.78 is 27.9. The molecule has 0 aliphatic carbocycles. The number of hydrazone groups is 1. The summed E-state index contributed by atoms with van der Waals surface area (Å²) >= 11 is 0. The number of benzene rings is 1. The van der Waals surface area contributed by atoms with Crippen molar-refractivity contribution in [3.05, 3.63) is 35.5 Å². The summed E-state index contributed by atoms with van der Waals surface area (Å²) in [6, 6.07) is 8.12. The smallest absolute Gasteiger partial charge is 0.273 e. The maximum atomic E-state index is 12.0. The van der Waals surface area contributed by atoms with E-state index in [1.54, 1.807) is 0 Å². The van der Waals surface area contributed by atoms with Gasteiger partial charge in [0, 0.05) is 11.9 Å². The number of aromatic nitrogens is 1. The van der Waals surface area contributed by atoms with Crippen molar-refractivity contribution in [3.63, 3.8) is 0 Å². The number of hydrogen-bond donors (Lipinski definition) is 3. The van der Waals surface area contributed by atoms with Gasteiger partial charge in [0.05, 0.1) is 11.8 Å².